The van der Waals surface area contributed by atoms with Crippen molar-refractivity contribution in [1.29, 1.82) is 0 Å². The second-order valence-electron chi connectivity index (χ2n) is 3.93. The third-order valence-corrected chi connectivity index (χ3v) is 2.80. The van der Waals surface area contributed by atoms with Crippen LogP contribution in [0.1, 0.15) is 6.92 Å². The molecule has 0 aromatic heterocycles. The van der Waals surface area contributed by atoms with Gasteiger partial charge in [-0.2, -0.15) is 0 Å². The van der Waals surface area contributed by atoms with Gasteiger partial charge in [0.2, 0.25) is 0 Å². The maximum atomic E-state index is 5.34. The van der Waals surface area contributed by atoms with E-state index >= 15 is 0 Å². The van der Waals surface area contributed by atoms with Crippen LogP contribution < -0.4 is 10.2 Å². The average Bonchev–Trinajstić information content (AvgIpc) is 2.41. The first-order valence-corrected chi connectivity index (χ1v) is 5.96. The molecule has 1 N–H and O–H groups in total. The molecule has 0 atom stereocenters. The summed E-state index contributed by atoms with van der Waals surface area (Å²) >= 11 is 0. The average molecular weight is 230 g/mol. The molecular weight excluding hydrogens is 212 g/mol. The fourth-order valence-electron chi connectivity index (χ4n) is 1.85. The van der Waals surface area contributed by atoms with E-state index in [0.717, 1.165) is 32.0 Å². The van der Waals surface area contributed by atoms with E-state index in [4.69, 9.17) is 4.74 Å². The Kier molecular flexibility index (Phi) is 4.29. The molecule has 2 rings (SSSR count). The molecule has 90 valence electrons. The number of morpholine rings is 1. The van der Waals surface area contributed by atoms with Crippen molar-refractivity contribution < 1.29 is 4.74 Å². The molecule has 3 heteroatoms. The zero-order valence-corrected chi connectivity index (χ0v) is 10.2. The van der Waals surface area contributed by atoms with Crippen LogP contribution >= 0.6 is 0 Å². The van der Waals surface area contributed by atoms with Gasteiger partial charge in [-0.05, 0) is 31.2 Å². The number of ether oxygens (including phenoxy) is 1. The van der Waals surface area contributed by atoms with Crippen molar-refractivity contribution in [3.8, 4) is 11.8 Å². The lowest BCUT2D eigenvalue weighted by Crippen LogP contribution is -2.36. The third kappa shape index (κ3) is 3.40. The quantitative estimate of drug-likeness (QED) is 0.803. The van der Waals surface area contributed by atoms with Crippen LogP contribution in [-0.4, -0.2) is 32.8 Å². The molecule has 0 amide bonds. The van der Waals surface area contributed by atoms with Crippen LogP contribution in [0.5, 0.6) is 0 Å². The summed E-state index contributed by atoms with van der Waals surface area (Å²) in [6, 6.07) is 8.49. The molecule has 1 fully saturated rings. The van der Waals surface area contributed by atoms with E-state index in [-0.39, 0.29) is 0 Å². The van der Waals surface area contributed by atoms with Crippen LogP contribution in [0, 0.1) is 11.8 Å². The number of hydrogen-bond donors (Lipinski definition) is 1. The van der Waals surface area contributed by atoms with Crippen LogP contribution in [0.15, 0.2) is 24.3 Å². The Balaban J connectivity index is 1.93. The Morgan fingerprint density at radius 1 is 1.24 bits per heavy atom. The van der Waals surface area contributed by atoms with Crippen molar-refractivity contribution in [3.63, 3.8) is 0 Å². The highest BCUT2D eigenvalue weighted by molar-refractivity contribution is 5.55. The van der Waals surface area contributed by atoms with Crippen molar-refractivity contribution in [2.45, 2.75) is 6.92 Å². The molecule has 1 saturated heterocycles. The molecule has 0 bridgehead atoms. The van der Waals surface area contributed by atoms with Gasteiger partial charge < -0.3 is 15.0 Å². The van der Waals surface area contributed by atoms with Gasteiger partial charge in [0, 0.05) is 24.5 Å². The van der Waals surface area contributed by atoms with Gasteiger partial charge in [-0.25, -0.2) is 0 Å². The normalized spacial score (nSPS) is 15.0. The highest BCUT2D eigenvalue weighted by Gasteiger charge is 2.10. The van der Waals surface area contributed by atoms with E-state index in [0.29, 0.717) is 6.54 Å². The number of hydrogen-bond acceptors (Lipinski definition) is 3. The van der Waals surface area contributed by atoms with Crippen molar-refractivity contribution in [3.05, 3.63) is 24.3 Å². The second kappa shape index (κ2) is 6.17. The summed E-state index contributed by atoms with van der Waals surface area (Å²) in [5.41, 5.74) is 2.38. The standard InChI is InChI=1S/C14H18N2O/c1-2-3-8-15-13-4-6-14(7-5-13)16-9-11-17-12-10-16/h4-7,15H,8-12H2,1H3. The minimum Gasteiger partial charge on any atom is -0.378 e. The molecule has 1 aliphatic heterocycles. The molecule has 1 aliphatic rings. The summed E-state index contributed by atoms with van der Waals surface area (Å²) in [6.07, 6.45) is 0. The lowest BCUT2D eigenvalue weighted by Gasteiger charge is -2.28. The van der Waals surface area contributed by atoms with E-state index < -0.39 is 0 Å². The Labute approximate surface area is 103 Å². The van der Waals surface area contributed by atoms with Gasteiger partial charge in [0.25, 0.3) is 0 Å². The first kappa shape index (κ1) is 11.8. The van der Waals surface area contributed by atoms with E-state index in [1.54, 1.807) is 0 Å². The fourth-order valence-corrected chi connectivity index (χ4v) is 1.85. The van der Waals surface area contributed by atoms with Gasteiger partial charge in [-0.15, -0.1) is 5.92 Å². The lowest BCUT2D eigenvalue weighted by atomic mass is 10.2. The Morgan fingerprint density at radius 2 is 1.94 bits per heavy atom. The summed E-state index contributed by atoms with van der Waals surface area (Å²) in [7, 11) is 0. The third-order valence-electron chi connectivity index (χ3n) is 2.80. The first-order chi connectivity index (χ1) is 8.40. The molecule has 1 aromatic carbocycles. The monoisotopic (exact) mass is 230 g/mol. The molecule has 0 saturated carbocycles. The summed E-state index contributed by atoms with van der Waals surface area (Å²) < 4.78 is 5.34. The van der Waals surface area contributed by atoms with Gasteiger partial charge in [0.1, 0.15) is 0 Å². The largest absolute Gasteiger partial charge is 0.378 e. The van der Waals surface area contributed by atoms with Gasteiger partial charge in [-0.3, -0.25) is 0 Å². The SMILES string of the molecule is CC#CCNc1ccc(N2CCOCC2)cc1. The van der Waals surface area contributed by atoms with Gasteiger partial charge in [-0.1, -0.05) is 5.92 Å². The number of rotatable bonds is 3. The molecule has 1 aromatic rings. The summed E-state index contributed by atoms with van der Waals surface area (Å²) in [6.45, 7) is 6.16. The summed E-state index contributed by atoms with van der Waals surface area (Å²) in [4.78, 5) is 2.35. The molecule has 0 radical (unpaired) electrons. The topological polar surface area (TPSA) is 24.5 Å². The van der Waals surface area contributed by atoms with E-state index in [9.17, 15) is 0 Å². The second-order valence-corrected chi connectivity index (χ2v) is 3.93. The number of anilines is 2. The van der Waals surface area contributed by atoms with Crippen molar-refractivity contribution in [2.24, 2.45) is 0 Å². The van der Waals surface area contributed by atoms with Crippen molar-refractivity contribution >= 4 is 11.4 Å². The van der Waals surface area contributed by atoms with Crippen molar-refractivity contribution in [1.82, 2.24) is 0 Å². The van der Waals surface area contributed by atoms with Crippen LogP contribution in [0.4, 0.5) is 11.4 Å². The van der Waals surface area contributed by atoms with Crippen LogP contribution in [0.3, 0.4) is 0 Å². The van der Waals surface area contributed by atoms with Crippen LogP contribution in [0.2, 0.25) is 0 Å². The van der Waals surface area contributed by atoms with Gasteiger partial charge >= 0.3 is 0 Å². The highest BCUT2D eigenvalue weighted by Crippen LogP contribution is 2.18. The Bertz CT molecular complexity index is 396. The van der Waals surface area contributed by atoms with Crippen LogP contribution in [-0.2, 0) is 4.74 Å². The van der Waals surface area contributed by atoms with Gasteiger partial charge in [0.15, 0.2) is 0 Å². The number of nitrogens with zero attached hydrogens (tertiary/aromatic N) is 1. The number of nitrogens with one attached hydrogen (secondary N) is 1. The molecule has 3 nitrogen and oxygen atoms in total. The Morgan fingerprint density at radius 3 is 2.59 bits per heavy atom. The summed E-state index contributed by atoms with van der Waals surface area (Å²) in [5.74, 6) is 5.85. The molecule has 0 spiro atoms. The molecule has 0 aliphatic carbocycles. The highest BCUT2D eigenvalue weighted by atomic mass is 16.5. The minimum atomic E-state index is 0.702. The van der Waals surface area contributed by atoms with E-state index in [2.05, 4.69) is 46.3 Å². The van der Waals surface area contributed by atoms with Crippen LogP contribution in [0.25, 0.3) is 0 Å². The maximum absolute atomic E-state index is 5.34. The fraction of sp³-hybridized carbons (Fsp3) is 0.429. The van der Waals surface area contributed by atoms with E-state index in [1.807, 2.05) is 6.92 Å². The predicted octanol–water partition coefficient (Wildman–Crippen LogP) is 1.96. The van der Waals surface area contributed by atoms with Gasteiger partial charge in [0.05, 0.1) is 19.8 Å². The smallest absolute Gasteiger partial charge is 0.0765 e. The first-order valence-electron chi connectivity index (χ1n) is 5.96. The van der Waals surface area contributed by atoms with E-state index in [1.165, 1.54) is 5.69 Å². The molecular formula is C14H18N2O. The lowest BCUT2D eigenvalue weighted by molar-refractivity contribution is 0.122. The maximum Gasteiger partial charge on any atom is 0.0765 e. The molecule has 1 heterocycles. The van der Waals surface area contributed by atoms with Crippen molar-refractivity contribution in [2.75, 3.05) is 43.1 Å². The zero-order chi connectivity index (χ0) is 11.9. The zero-order valence-electron chi connectivity index (χ0n) is 10.2. The predicted molar refractivity (Wildman–Crippen MR) is 71.4 cm³/mol. The molecule has 17 heavy (non-hydrogen) atoms. The summed E-state index contributed by atoms with van der Waals surface area (Å²) in [5, 5.41) is 3.26. The molecule has 0 unspecified atom stereocenters. The Hall–Kier alpha value is -1.66. The minimum absolute atomic E-state index is 0.702. The number of benzene rings is 1.